The van der Waals surface area contributed by atoms with Gasteiger partial charge in [0.1, 0.15) is 11.7 Å². The van der Waals surface area contributed by atoms with E-state index in [2.05, 4.69) is 5.43 Å². The molecule has 0 radical (unpaired) electrons. The predicted octanol–water partition coefficient (Wildman–Crippen LogP) is 3.26. The van der Waals surface area contributed by atoms with E-state index in [9.17, 15) is 4.79 Å². The molecule has 0 aliphatic carbocycles. The average Bonchev–Trinajstić information content (AvgIpc) is 2.51. The number of carbonyl (C=O) groups is 1. The second kappa shape index (κ2) is 5.65. The van der Waals surface area contributed by atoms with Crippen molar-refractivity contribution in [3.05, 3.63) is 59.7 Å². The average molecular weight is 313 g/mol. The molecule has 0 spiro atoms. The highest BCUT2D eigenvalue weighted by atomic mass is 32.1. The molecular weight excluding hydrogens is 298 g/mol. The minimum Gasteiger partial charge on any atom is -0.464 e. The summed E-state index contributed by atoms with van der Waals surface area (Å²) in [6, 6.07) is 15.8. The van der Waals surface area contributed by atoms with Gasteiger partial charge in [0.05, 0.1) is 5.69 Å². The molecule has 3 rings (SSSR count). The maximum absolute atomic E-state index is 11.0. The van der Waals surface area contributed by atoms with E-state index in [1.54, 1.807) is 0 Å². The number of nitrogens with one attached hydrogen (secondary N) is 1. The van der Waals surface area contributed by atoms with E-state index in [1.165, 1.54) is 10.6 Å². The molecule has 0 atom stereocenters. The molecule has 2 N–H and O–H groups in total. The van der Waals surface area contributed by atoms with Crippen LogP contribution in [0.15, 0.2) is 48.5 Å². The first kappa shape index (κ1) is 14.3. The van der Waals surface area contributed by atoms with Crippen molar-refractivity contribution in [1.29, 1.82) is 0 Å². The van der Waals surface area contributed by atoms with Crippen molar-refractivity contribution in [3.8, 4) is 0 Å². The summed E-state index contributed by atoms with van der Waals surface area (Å²) in [7, 11) is 0. The molecule has 2 aromatic rings. The zero-order valence-electron chi connectivity index (χ0n) is 12.0. The van der Waals surface area contributed by atoms with E-state index < -0.39 is 6.09 Å². The summed E-state index contributed by atoms with van der Waals surface area (Å²) in [5, 5.41) is 10.5. The van der Waals surface area contributed by atoms with E-state index in [0.29, 0.717) is 11.7 Å². The number of carboxylic acid groups (broad SMARTS) is 1. The Labute approximate surface area is 133 Å². The lowest BCUT2D eigenvalue weighted by atomic mass is 10.1. The van der Waals surface area contributed by atoms with Gasteiger partial charge in [0.25, 0.3) is 0 Å². The number of benzene rings is 2. The molecule has 2 aromatic carbocycles. The minimum atomic E-state index is -1.13. The highest BCUT2D eigenvalue weighted by molar-refractivity contribution is 7.80. The Hall–Kier alpha value is -2.60. The summed E-state index contributed by atoms with van der Waals surface area (Å²) in [6.07, 6.45) is -1.13. The Balaban J connectivity index is 2.05. The molecule has 6 heteroatoms. The first-order valence-corrected chi connectivity index (χ1v) is 7.22. The lowest BCUT2D eigenvalue weighted by molar-refractivity contribution is 0.170. The second-order valence-corrected chi connectivity index (χ2v) is 5.46. The van der Waals surface area contributed by atoms with Crippen molar-refractivity contribution in [2.24, 2.45) is 0 Å². The van der Waals surface area contributed by atoms with Crippen LogP contribution in [0.25, 0.3) is 0 Å². The van der Waals surface area contributed by atoms with Crippen LogP contribution in [0.1, 0.15) is 11.1 Å². The van der Waals surface area contributed by atoms with Crippen LogP contribution >= 0.6 is 12.2 Å². The van der Waals surface area contributed by atoms with Gasteiger partial charge < -0.3 is 10.0 Å². The summed E-state index contributed by atoms with van der Waals surface area (Å²) >= 11 is 5.40. The number of hydrogen-bond acceptors (Lipinski definition) is 3. The largest absolute Gasteiger partial charge is 0.464 e. The fraction of sp³-hybridized carbons (Fsp3) is 0.125. The lowest BCUT2D eigenvalue weighted by Crippen LogP contribution is -2.53. The van der Waals surface area contributed by atoms with Gasteiger partial charge in [-0.05, 0) is 31.2 Å². The van der Waals surface area contributed by atoms with Gasteiger partial charge in [0.15, 0.2) is 0 Å². The van der Waals surface area contributed by atoms with Crippen molar-refractivity contribution in [1.82, 2.24) is 10.4 Å². The monoisotopic (exact) mass is 313 g/mol. The number of rotatable bonds is 2. The van der Waals surface area contributed by atoms with E-state index in [1.807, 2.05) is 60.4 Å². The van der Waals surface area contributed by atoms with Crippen molar-refractivity contribution >= 4 is 34.7 Å². The Bertz CT molecular complexity index is 730. The number of aryl methyl sites for hydroxylation is 1. The third kappa shape index (κ3) is 2.60. The van der Waals surface area contributed by atoms with Crippen molar-refractivity contribution in [2.75, 3.05) is 11.6 Å². The van der Waals surface area contributed by atoms with Gasteiger partial charge in [-0.1, -0.05) is 42.0 Å². The number of fused-ring (bicyclic) bond motifs is 1. The van der Waals surface area contributed by atoms with E-state index in [0.717, 1.165) is 16.9 Å². The first-order valence-electron chi connectivity index (χ1n) is 6.81. The van der Waals surface area contributed by atoms with Crippen LogP contribution < -0.4 is 10.3 Å². The molecule has 1 aliphatic heterocycles. The van der Waals surface area contributed by atoms with Crippen LogP contribution in [0.2, 0.25) is 0 Å². The molecule has 1 aliphatic rings. The van der Waals surface area contributed by atoms with Crippen LogP contribution in [0, 0.1) is 6.92 Å². The molecule has 0 fully saturated rings. The zero-order valence-corrected chi connectivity index (χ0v) is 12.8. The maximum atomic E-state index is 11.0. The maximum Gasteiger partial charge on any atom is 0.423 e. The first-order chi connectivity index (χ1) is 10.6. The number of nitrogens with zero attached hydrogens (tertiary/aromatic N) is 2. The van der Waals surface area contributed by atoms with E-state index in [4.69, 9.17) is 17.3 Å². The zero-order chi connectivity index (χ0) is 15.7. The Morgan fingerprint density at radius 3 is 2.55 bits per heavy atom. The highest BCUT2D eigenvalue weighted by Gasteiger charge is 2.28. The minimum absolute atomic E-state index is 0.325. The molecule has 0 unspecified atom stereocenters. The molecule has 0 saturated heterocycles. The van der Waals surface area contributed by atoms with Crippen LogP contribution in [0.4, 0.5) is 16.2 Å². The predicted molar refractivity (Wildman–Crippen MR) is 89.3 cm³/mol. The fourth-order valence-corrected chi connectivity index (χ4v) is 2.74. The molecule has 22 heavy (non-hydrogen) atoms. The van der Waals surface area contributed by atoms with Gasteiger partial charge in [-0.25, -0.2) is 10.2 Å². The number of amides is 1. The number of thiocarbonyl (C=S) groups is 1. The number of hydrazine groups is 1. The van der Waals surface area contributed by atoms with Gasteiger partial charge in [0.2, 0.25) is 0 Å². The molecule has 1 heterocycles. The van der Waals surface area contributed by atoms with E-state index >= 15 is 0 Å². The van der Waals surface area contributed by atoms with Gasteiger partial charge in [-0.2, -0.15) is 0 Å². The van der Waals surface area contributed by atoms with Crippen molar-refractivity contribution < 1.29 is 9.90 Å². The molecule has 0 saturated carbocycles. The van der Waals surface area contributed by atoms with Gasteiger partial charge >= 0.3 is 6.09 Å². The topological polar surface area (TPSA) is 55.8 Å². The van der Waals surface area contributed by atoms with Crippen LogP contribution in [0.5, 0.6) is 0 Å². The third-order valence-corrected chi connectivity index (χ3v) is 3.97. The normalized spacial score (nSPS) is 13.8. The van der Waals surface area contributed by atoms with Gasteiger partial charge in [-0.15, -0.1) is 0 Å². The highest BCUT2D eigenvalue weighted by Crippen LogP contribution is 2.33. The second-order valence-electron chi connectivity index (χ2n) is 5.07. The smallest absolute Gasteiger partial charge is 0.423 e. The van der Waals surface area contributed by atoms with E-state index in [-0.39, 0.29) is 0 Å². The quantitative estimate of drug-likeness (QED) is 0.834. The molecule has 0 aromatic heterocycles. The SMILES string of the molecule is Cc1ccc(N2CN(NC(=O)O)C(=S)c3ccccc32)cc1. The molecule has 5 nitrogen and oxygen atoms in total. The third-order valence-electron chi connectivity index (χ3n) is 3.53. The molecule has 112 valence electrons. The van der Waals surface area contributed by atoms with Crippen LogP contribution in [-0.2, 0) is 0 Å². The Morgan fingerprint density at radius 2 is 1.86 bits per heavy atom. The summed E-state index contributed by atoms with van der Waals surface area (Å²) in [5.41, 5.74) is 6.31. The molecule has 0 bridgehead atoms. The van der Waals surface area contributed by atoms with Gasteiger partial charge in [-0.3, -0.25) is 5.01 Å². The standard InChI is InChI=1S/C16H15N3O2S/c1-11-6-8-12(9-7-11)18-10-19(17-16(20)21)15(22)13-4-2-3-5-14(13)18/h2-9,17H,10H2,1H3,(H,20,21). The summed E-state index contributed by atoms with van der Waals surface area (Å²) < 4.78 is 0. The Morgan fingerprint density at radius 1 is 1.18 bits per heavy atom. The van der Waals surface area contributed by atoms with Crippen LogP contribution in [-0.4, -0.2) is 27.9 Å². The molecular formula is C16H15N3O2S. The van der Waals surface area contributed by atoms with Crippen molar-refractivity contribution in [3.63, 3.8) is 0 Å². The summed E-state index contributed by atoms with van der Waals surface area (Å²) in [4.78, 5) is 13.5. The van der Waals surface area contributed by atoms with Crippen LogP contribution in [0.3, 0.4) is 0 Å². The summed E-state index contributed by atoms with van der Waals surface area (Å²) in [6.45, 7) is 2.35. The number of hydrogen-bond donors (Lipinski definition) is 2. The fourth-order valence-electron chi connectivity index (χ4n) is 2.46. The Kier molecular flexibility index (Phi) is 3.68. The lowest BCUT2D eigenvalue weighted by Gasteiger charge is -2.39. The summed E-state index contributed by atoms with van der Waals surface area (Å²) in [5.74, 6) is 0. The van der Waals surface area contributed by atoms with Gasteiger partial charge in [0, 0.05) is 11.3 Å². The number of anilines is 2. The van der Waals surface area contributed by atoms with Crippen molar-refractivity contribution in [2.45, 2.75) is 6.92 Å². The number of para-hydroxylation sites is 1. The molecule has 1 amide bonds.